The van der Waals surface area contributed by atoms with Crippen LogP contribution in [-0.4, -0.2) is 18.7 Å². The highest BCUT2D eigenvalue weighted by Crippen LogP contribution is 2.67. The lowest BCUT2D eigenvalue weighted by molar-refractivity contribution is -0.121. The van der Waals surface area contributed by atoms with E-state index in [-0.39, 0.29) is 11.3 Å². The van der Waals surface area contributed by atoms with Crippen LogP contribution in [0.25, 0.3) is 0 Å². The minimum absolute atomic E-state index is 0.0380. The van der Waals surface area contributed by atoms with Crippen molar-refractivity contribution in [1.29, 1.82) is 0 Å². The molecule has 0 aromatic heterocycles. The average molecular weight is 335 g/mol. The van der Waals surface area contributed by atoms with Crippen molar-refractivity contribution in [3.8, 4) is 11.5 Å². The number of amides is 1. The molecule has 1 amide bonds. The molecule has 3 aliphatic rings. The Labute approximate surface area is 147 Å². The van der Waals surface area contributed by atoms with Crippen LogP contribution in [0, 0.1) is 0 Å². The highest BCUT2D eigenvalue weighted by Gasteiger charge is 2.70. The van der Waals surface area contributed by atoms with Gasteiger partial charge in [0.05, 0.1) is 18.2 Å². The Morgan fingerprint density at radius 1 is 1.12 bits per heavy atom. The van der Waals surface area contributed by atoms with E-state index in [1.807, 2.05) is 29.2 Å². The fourth-order valence-electron chi connectivity index (χ4n) is 5.37. The van der Waals surface area contributed by atoms with Crippen LogP contribution in [0.15, 0.2) is 42.5 Å². The molecule has 5 rings (SSSR count). The standard InChI is InChI=1S/C21H21NO3/c1-14(23)22-18-8-4-3-7-16(18)20-11-5-6-12-21(20,22)25-19-10-9-15(24-2)13-17(19)20/h3-4,7-10,13H,5-6,11-12H2,1-2H3/t20-,21+/m1/s1. The Morgan fingerprint density at radius 3 is 2.72 bits per heavy atom. The quantitative estimate of drug-likeness (QED) is 0.790. The molecule has 1 aliphatic carbocycles. The number of nitrogens with zero attached hydrogens (tertiary/aromatic N) is 1. The van der Waals surface area contributed by atoms with Crippen LogP contribution in [0.2, 0.25) is 0 Å². The largest absolute Gasteiger partial charge is 0.497 e. The molecular weight excluding hydrogens is 314 g/mol. The van der Waals surface area contributed by atoms with Crippen LogP contribution in [-0.2, 0) is 10.2 Å². The molecule has 0 unspecified atom stereocenters. The number of benzene rings is 2. The highest BCUT2D eigenvalue weighted by molar-refractivity contribution is 5.98. The fraction of sp³-hybridized carbons (Fsp3) is 0.381. The zero-order valence-corrected chi connectivity index (χ0v) is 14.5. The first-order valence-corrected chi connectivity index (χ1v) is 8.92. The van der Waals surface area contributed by atoms with Crippen LogP contribution in [0.5, 0.6) is 11.5 Å². The maximum Gasteiger partial charge on any atom is 0.227 e. The Morgan fingerprint density at radius 2 is 1.92 bits per heavy atom. The summed E-state index contributed by atoms with van der Waals surface area (Å²) in [6, 6.07) is 14.3. The molecule has 1 fully saturated rings. The monoisotopic (exact) mass is 335 g/mol. The molecule has 2 aromatic carbocycles. The molecule has 0 bridgehead atoms. The highest BCUT2D eigenvalue weighted by atomic mass is 16.5. The third kappa shape index (κ3) is 1.56. The summed E-state index contributed by atoms with van der Waals surface area (Å²) in [5, 5.41) is 0. The fourth-order valence-corrected chi connectivity index (χ4v) is 5.37. The second kappa shape index (κ2) is 4.78. The molecule has 4 heteroatoms. The summed E-state index contributed by atoms with van der Waals surface area (Å²) in [5.74, 6) is 1.75. The van der Waals surface area contributed by atoms with E-state index >= 15 is 0 Å². The number of hydrogen-bond acceptors (Lipinski definition) is 3. The summed E-state index contributed by atoms with van der Waals surface area (Å²) in [6.45, 7) is 1.64. The van der Waals surface area contributed by atoms with Crippen LogP contribution in [0.4, 0.5) is 5.69 Å². The minimum Gasteiger partial charge on any atom is -0.497 e. The lowest BCUT2D eigenvalue weighted by Gasteiger charge is -2.46. The van der Waals surface area contributed by atoms with E-state index in [2.05, 4.69) is 18.2 Å². The number of carbonyl (C=O) groups excluding carboxylic acids is 1. The van der Waals surface area contributed by atoms with Gasteiger partial charge in [0.2, 0.25) is 11.6 Å². The molecule has 25 heavy (non-hydrogen) atoms. The number of methoxy groups -OCH3 is 1. The molecule has 2 aliphatic heterocycles. The number of para-hydroxylation sites is 1. The summed E-state index contributed by atoms with van der Waals surface area (Å²) < 4.78 is 12.1. The number of rotatable bonds is 1. The number of ether oxygens (including phenoxy) is 2. The smallest absolute Gasteiger partial charge is 0.227 e. The summed E-state index contributed by atoms with van der Waals surface area (Å²) in [4.78, 5) is 14.6. The van der Waals surface area contributed by atoms with E-state index in [1.54, 1.807) is 14.0 Å². The van der Waals surface area contributed by atoms with Gasteiger partial charge in [-0.15, -0.1) is 0 Å². The van der Waals surface area contributed by atoms with Crippen LogP contribution in [0.1, 0.15) is 43.7 Å². The van der Waals surface area contributed by atoms with E-state index in [0.29, 0.717) is 0 Å². The van der Waals surface area contributed by atoms with E-state index < -0.39 is 5.72 Å². The van der Waals surface area contributed by atoms with Gasteiger partial charge in [-0.25, -0.2) is 0 Å². The molecule has 0 N–H and O–H groups in total. The van der Waals surface area contributed by atoms with Crippen molar-refractivity contribution in [1.82, 2.24) is 0 Å². The summed E-state index contributed by atoms with van der Waals surface area (Å²) in [5.41, 5.74) is 2.40. The van der Waals surface area contributed by atoms with Crippen molar-refractivity contribution >= 4 is 11.6 Å². The van der Waals surface area contributed by atoms with Crippen molar-refractivity contribution in [3.05, 3.63) is 53.6 Å². The van der Waals surface area contributed by atoms with Gasteiger partial charge in [0.25, 0.3) is 0 Å². The minimum atomic E-state index is -0.643. The van der Waals surface area contributed by atoms with Crippen LogP contribution >= 0.6 is 0 Å². The molecule has 2 heterocycles. The van der Waals surface area contributed by atoms with Gasteiger partial charge in [0, 0.05) is 18.9 Å². The second-order valence-corrected chi connectivity index (χ2v) is 7.23. The maximum atomic E-state index is 12.7. The Balaban J connectivity index is 1.87. The summed E-state index contributed by atoms with van der Waals surface area (Å²) in [7, 11) is 1.69. The van der Waals surface area contributed by atoms with E-state index in [4.69, 9.17) is 9.47 Å². The molecule has 2 atom stereocenters. The number of anilines is 1. The topological polar surface area (TPSA) is 38.8 Å². The molecule has 128 valence electrons. The molecule has 4 nitrogen and oxygen atoms in total. The lowest BCUT2D eigenvalue weighted by atomic mass is 9.63. The van der Waals surface area contributed by atoms with Crippen molar-refractivity contribution in [2.45, 2.75) is 43.7 Å². The zero-order valence-electron chi connectivity index (χ0n) is 14.5. The van der Waals surface area contributed by atoms with Crippen LogP contribution in [0.3, 0.4) is 0 Å². The van der Waals surface area contributed by atoms with E-state index in [0.717, 1.165) is 48.4 Å². The molecule has 1 saturated carbocycles. The lowest BCUT2D eigenvalue weighted by Crippen LogP contribution is -2.62. The van der Waals surface area contributed by atoms with Gasteiger partial charge in [0.1, 0.15) is 11.5 Å². The second-order valence-electron chi connectivity index (χ2n) is 7.23. The van der Waals surface area contributed by atoms with E-state index in [9.17, 15) is 4.79 Å². The van der Waals surface area contributed by atoms with Crippen LogP contribution < -0.4 is 14.4 Å². The first-order chi connectivity index (χ1) is 12.1. The molecule has 2 aromatic rings. The molecular formula is C21H21NO3. The van der Waals surface area contributed by atoms with Gasteiger partial charge in [-0.3, -0.25) is 9.69 Å². The SMILES string of the molecule is COc1ccc2c(c1)[C@]13CCCC[C@@]1(O2)N(C(C)=O)c1ccccc13. The Bertz CT molecular complexity index is 892. The number of hydrogen-bond donors (Lipinski definition) is 0. The average Bonchev–Trinajstić information content (AvgIpc) is 3.06. The first kappa shape index (κ1) is 14.8. The summed E-state index contributed by atoms with van der Waals surface area (Å²) >= 11 is 0. The molecule has 0 saturated heterocycles. The maximum absolute atomic E-state index is 12.7. The van der Waals surface area contributed by atoms with Crippen molar-refractivity contribution in [2.75, 3.05) is 12.0 Å². The molecule has 0 radical (unpaired) electrons. The van der Waals surface area contributed by atoms with Crippen molar-refractivity contribution in [2.24, 2.45) is 0 Å². The van der Waals surface area contributed by atoms with Crippen molar-refractivity contribution in [3.63, 3.8) is 0 Å². The molecule has 0 spiro atoms. The first-order valence-electron chi connectivity index (χ1n) is 8.92. The van der Waals surface area contributed by atoms with Gasteiger partial charge in [-0.1, -0.05) is 24.6 Å². The van der Waals surface area contributed by atoms with Gasteiger partial charge < -0.3 is 9.47 Å². The zero-order chi connectivity index (χ0) is 17.2. The van der Waals surface area contributed by atoms with Gasteiger partial charge >= 0.3 is 0 Å². The number of carbonyl (C=O) groups is 1. The Hall–Kier alpha value is -2.49. The van der Waals surface area contributed by atoms with Gasteiger partial charge in [-0.2, -0.15) is 0 Å². The van der Waals surface area contributed by atoms with Crippen molar-refractivity contribution < 1.29 is 14.3 Å². The predicted molar refractivity (Wildman–Crippen MR) is 95.2 cm³/mol. The normalized spacial score (nSPS) is 28.5. The third-order valence-electron chi connectivity index (χ3n) is 6.19. The number of fused-ring (bicyclic) bond motifs is 2. The van der Waals surface area contributed by atoms with Gasteiger partial charge in [-0.05, 0) is 42.7 Å². The van der Waals surface area contributed by atoms with E-state index in [1.165, 1.54) is 5.56 Å². The Kier molecular flexibility index (Phi) is 2.83. The third-order valence-corrected chi connectivity index (χ3v) is 6.19. The predicted octanol–water partition coefficient (Wildman–Crippen LogP) is 4.01. The van der Waals surface area contributed by atoms with Gasteiger partial charge in [0.15, 0.2) is 0 Å². The summed E-state index contributed by atoms with van der Waals surface area (Å²) in [6.07, 6.45) is 4.01.